The van der Waals surface area contributed by atoms with Gasteiger partial charge in [0.15, 0.2) is 23.1 Å². The van der Waals surface area contributed by atoms with Crippen LogP contribution in [-0.4, -0.2) is 25.7 Å². The lowest BCUT2D eigenvalue weighted by Crippen LogP contribution is -2.03. The van der Waals surface area contributed by atoms with Gasteiger partial charge in [0, 0.05) is 25.6 Å². The van der Waals surface area contributed by atoms with Crippen LogP contribution in [0.5, 0.6) is 0 Å². The zero-order valence-electron chi connectivity index (χ0n) is 14.1. The molecule has 4 aromatic rings. The molecule has 0 saturated carbocycles. The van der Waals surface area contributed by atoms with E-state index in [0.717, 1.165) is 11.1 Å². The predicted molar refractivity (Wildman–Crippen MR) is 92.5 cm³/mol. The fourth-order valence-corrected chi connectivity index (χ4v) is 2.63. The van der Waals surface area contributed by atoms with E-state index in [1.807, 2.05) is 41.2 Å². The summed E-state index contributed by atoms with van der Waals surface area (Å²) in [7, 11) is 0. The number of rotatable bonds is 6. The standard InChI is InChI=1S/C19H16N4O3/c1-13-20-10-19(25-13)18-8-16(22-26-18)17(24)7-15-9-21-23(12-15)11-14-5-3-2-4-6-14/h2-6,8-10,12H,7,11H2,1H3. The highest BCUT2D eigenvalue weighted by Crippen LogP contribution is 2.21. The number of benzene rings is 1. The molecule has 4 rings (SSSR count). The minimum absolute atomic E-state index is 0.143. The molecule has 0 bridgehead atoms. The van der Waals surface area contributed by atoms with Crippen molar-refractivity contribution in [1.82, 2.24) is 19.9 Å². The molecule has 1 aromatic carbocycles. The second-order valence-electron chi connectivity index (χ2n) is 5.95. The number of hydrogen-bond donors (Lipinski definition) is 0. The van der Waals surface area contributed by atoms with E-state index in [-0.39, 0.29) is 17.9 Å². The van der Waals surface area contributed by atoms with E-state index >= 15 is 0 Å². The molecule has 7 heteroatoms. The van der Waals surface area contributed by atoms with E-state index in [0.29, 0.717) is 24.0 Å². The maximum atomic E-state index is 12.4. The van der Waals surface area contributed by atoms with Gasteiger partial charge in [-0.3, -0.25) is 9.48 Å². The molecule has 3 heterocycles. The molecule has 0 unspecified atom stereocenters. The Morgan fingerprint density at radius 2 is 1.96 bits per heavy atom. The Morgan fingerprint density at radius 3 is 2.73 bits per heavy atom. The Morgan fingerprint density at radius 1 is 1.12 bits per heavy atom. The van der Waals surface area contributed by atoms with Crippen molar-refractivity contribution in [3.05, 3.63) is 77.7 Å². The highest BCUT2D eigenvalue weighted by Gasteiger charge is 2.17. The molecular formula is C19H16N4O3. The first-order valence-corrected chi connectivity index (χ1v) is 8.15. The summed E-state index contributed by atoms with van der Waals surface area (Å²) < 4.78 is 12.4. The summed E-state index contributed by atoms with van der Waals surface area (Å²) in [6.07, 6.45) is 5.31. The summed E-state index contributed by atoms with van der Waals surface area (Å²) >= 11 is 0. The van der Waals surface area contributed by atoms with Crippen molar-refractivity contribution in [2.75, 3.05) is 0 Å². The number of aryl methyl sites for hydroxylation is 1. The number of carbonyl (C=O) groups is 1. The maximum Gasteiger partial charge on any atom is 0.204 e. The monoisotopic (exact) mass is 348 g/mol. The quantitative estimate of drug-likeness (QED) is 0.497. The van der Waals surface area contributed by atoms with E-state index in [1.165, 1.54) is 6.20 Å². The first kappa shape index (κ1) is 16.0. The van der Waals surface area contributed by atoms with Gasteiger partial charge in [-0.25, -0.2) is 4.98 Å². The summed E-state index contributed by atoms with van der Waals surface area (Å²) in [6.45, 7) is 2.40. The minimum Gasteiger partial charge on any atom is -0.438 e. The van der Waals surface area contributed by atoms with Crippen LogP contribution in [0, 0.1) is 6.92 Å². The summed E-state index contributed by atoms with van der Waals surface area (Å²) in [5.41, 5.74) is 2.23. The van der Waals surface area contributed by atoms with Crippen molar-refractivity contribution in [1.29, 1.82) is 0 Å². The Labute approximate surface area is 149 Å². The lowest BCUT2D eigenvalue weighted by atomic mass is 10.1. The van der Waals surface area contributed by atoms with Gasteiger partial charge in [-0.1, -0.05) is 35.5 Å². The van der Waals surface area contributed by atoms with Crippen LogP contribution in [0.3, 0.4) is 0 Å². The summed E-state index contributed by atoms with van der Waals surface area (Å²) in [5, 5.41) is 8.14. The molecule has 26 heavy (non-hydrogen) atoms. The van der Waals surface area contributed by atoms with E-state index in [9.17, 15) is 4.79 Å². The molecule has 0 radical (unpaired) electrons. The van der Waals surface area contributed by atoms with Crippen LogP contribution in [0.25, 0.3) is 11.5 Å². The van der Waals surface area contributed by atoms with Gasteiger partial charge in [0.2, 0.25) is 5.76 Å². The molecule has 7 nitrogen and oxygen atoms in total. The predicted octanol–water partition coefficient (Wildman–Crippen LogP) is 3.31. The Balaban J connectivity index is 1.43. The highest BCUT2D eigenvalue weighted by atomic mass is 16.5. The van der Waals surface area contributed by atoms with E-state index in [2.05, 4.69) is 15.2 Å². The first-order chi connectivity index (χ1) is 12.7. The number of oxazole rings is 1. The van der Waals surface area contributed by atoms with Gasteiger partial charge in [0.25, 0.3) is 0 Å². The van der Waals surface area contributed by atoms with Crippen LogP contribution in [0.2, 0.25) is 0 Å². The average Bonchev–Trinajstić information content (AvgIpc) is 3.37. The third-order valence-corrected chi connectivity index (χ3v) is 3.90. The van der Waals surface area contributed by atoms with Crippen LogP contribution in [0.15, 0.2) is 63.9 Å². The van der Waals surface area contributed by atoms with E-state index < -0.39 is 0 Å². The van der Waals surface area contributed by atoms with Crippen LogP contribution in [0.1, 0.15) is 27.5 Å². The molecule has 0 aliphatic heterocycles. The van der Waals surface area contributed by atoms with Gasteiger partial charge in [-0.2, -0.15) is 5.10 Å². The fraction of sp³-hybridized carbons (Fsp3) is 0.158. The van der Waals surface area contributed by atoms with Gasteiger partial charge in [-0.15, -0.1) is 0 Å². The van der Waals surface area contributed by atoms with Crippen LogP contribution >= 0.6 is 0 Å². The topological polar surface area (TPSA) is 87.0 Å². The van der Waals surface area contributed by atoms with Gasteiger partial charge < -0.3 is 8.94 Å². The summed E-state index contributed by atoms with van der Waals surface area (Å²) in [5.74, 6) is 1.21. The molecule has 0 spiro atoms. The molecule has 0 fully saturated rings. The molecule has 130 valence electrons. The van der Waals surface area contributed by atoms with Crippen molar-refractivity contribution in [3.63, 3.8) is 0 Å². The van der Waals surface area contributed by atoms with E-state index in [4.69, 9.17) is 8.94 Å². The molecule has 0 atom stereocenters. The van der Waals surface area contributed by atoms with Crippen molar-refractivity contribution < 1.29 is 13.7 Å². The number of aromatic nitrogens is 4. The number of nitrogens with zero attached hydrogens (tertiary/aromatic N) is 4. The third kappa shape index (κ3) is 3.46. The van der Waals surface area contributed by atoms with Crippen LogP contribution in [0.4, 0.5) is 0 Å². The number of carbonyl (C=O) groups excluding carboxylic acids is 1. The molecule has 0 N–H and O–H groups in total. The van der Waals surface area contributed by atoms with Crippen molar-refractivity contribution >= 4 is 5.78 Å². The Hall–Kier alpha value is -3.48. The zero-order chi connectivity index (χ0) is 17.9. The molecule has 0 amide bonds. The maximum absolute atomic E-state index is 12.4. The van der Waals surface area contributed by atoms with Crippen LogP contribution in [-0.2, 0) is 13.0 Å². The Bertz CT molecular complexity index is 1030. The fourth-order valence-electron chi connectivity index (χ4n) is 2.63. The number of hydrogen-bond acceptors (Lipinski definition) is 6. The van der Waals surface area contributed by atoms with Gasteiger partial charge in [0.1, 0.15) is 0 Å². The SMILES string of the molecule is Cc1ncc(-c2cc(C(=O)Cc3cnn(Cc4ccccc4)c3)no2)o1. The van der Waals surface area contributed by atoms with Crippen molar-refractivity contribution in [2.24, 2.45) is 0 Å². The summed E-state index contributed by atoms with van der Waals surface area (Å²) in [4.78, 5) is 16.4. The number of ketones is 1. The summed E-state index contributed by atoms with van der Waals surface area (Å²) in [6, 6.07) is 11.6. The third-order valence-electron chi connectivity index (χ3n) is 3.90. The molecule has 0 aliphatic carbocycles. The van der Waals surface area contributed by atoms with Crippen molar-refractivity contribution in [2.45, 2.75) is 19.9 Å². The zero-order valence-corrected chi connectivity index (χ0v) is 14.1. The first-order valence-electron chi connectivity index (χ1n) is 8.15. The number of Topliss-reactive ketones (excluding diaryl/α,β-unsaturated/α-hetero) is 1. The Kier molecular flexibility index (Phi) is 4.18. The van der Waals surface area contributed by atoms with Crippen LogP contribution < -0.4 is 0 Å². The lowest BCUT2D eigenvalue weighted by molar-refractivity contribution is 0.0984. The average molecular weight is 348 g/mol. The second kappa shape index (κ2) is 6.79. The normalized spacial score (nSPS) is 11.0. The molecule has 0 saturated heterocycles. The van der Waals surface area contributed by atoms with Gasteiger partial charge in [0.05, 0.1) is 18.9 Å². The lowest BCUT2D eigenvalue weighted by Gasteiger charge is -2.00. The van der Waals surface area contributed by atoms with Gasteiger partial charge in [-0.05, 0) is 11.1 Å². The smallest absolute Gasteiger partial charge is 0.204 e. The van der Waals surface area contributed by atoms with Gasteiger partial charge >= 0.3 is 0 Å². The molecule has 0 aliphatic rings. The largest absolute Gasteiger partial charge is 0.438 e. The molecular weight excluding hydrogens is 332 g/mol. The van der Waals surface area contributed by atoms with E-state index in [1.54, 1.807) is 19.2 Å². The van der Waals surface area contributed by atoms with Crippen molar-refractivity contribution in [3.8, 4) is 11.5 Å². The second-order valence-corrected chi connectivity index (χ2v) is 5.95. The highest BCUT2D eigenvalue weighted by molar-refractivity contribution is 5.96. The minimum atomic E-state index is -0.143. The molecule has 3 aromatic heterocycles.